The third-order valence-electron chi connectivity index (χ3n) is 5.40. The Balaban J connectivity index is 1.60. The number of aromatic nitrogens is 1. The summed E-state index contributed by atoms with van der Waals surface area (Å²) in [7, 11) is 0. The molecule has 1 aromatic heterocycles. The van der Waals surface area contributed by atoms with Gasteiger partial charge in [0.05, 0.1) is 6.54 Å². The van der Waals surface area contributed by atoms with Crippen LogP contribution in [0.15, 0.2) is 103 Å². The molecule has 0 atom stereocenters. The SMILES string of the molecule is Cc1ccccc1Cn1cccc1CN(Cc1ccccc1)C(=O)c1ccccc1. The molecule has 0 fully saturated rings. The molecule has 0 aliphatic heterocycles. The summed E-state index contributed by atoms with van der Waals surface area (Å²) < 4.78 is 2.23. The predicted octanol–water partition coefficient (Wildman–Crippen LogP) is 5.69. The fourth-order valence-electron chi connectivity index (χ4n) is 3.68. The normalized spacial score (nSPS) is 10.7. The van der Waals surface area contributed by atoms with Gasteiger partial charge in [0, 0.05) is 30.5 Å². The molecule has 0 aliphatic rings. The maximum Gasteiger partial charge on any atom is 0.254 e. The summed E-state index contributed by atoms with van der Waals surface area (Å²) in [5, 5.41) is 0. The molecule has 3 nitrogen and oxygen atoms in total. The molecule has 0 saturated carbocycles. The first-order chi connectivity index (χ1) is 14.7. The number of rotatable bonds is 7. The highest BCUT2D eigenvalue weighted by Gasteiger charge is 2.18. The molecule has 0 spiro atoms. The Bertz CT molecular complexity index is 1100. The van der Waals surface area contributed by atoms with Gasteiger partial charge in [-0.3, -0.25) is 4.79 Å². The molecule has 30 heavy (non-hydrogen) atoms. The molecule has 3 aromatic carbocycles. The average molecular weight is 395 g/mol. The lowest BCUT2D eigenvalue weighted by Crippen LogP contribution is -2.31. The molecular formula is C27H26N2O. The van der Waals surface area contributed by atoms with Crippen molar-refractivity contribution in [1.29, 1.82) is 0 Å². The largest absolute Gasteiger partial charge is 0.345 e. The molecule has 0 radical (unpaired) electrons. The first-order valence-electron chi connectivity index (χ1n) is 10.3. The highest BCUT2D eigenvalue weighted by Crippen LogP contribution is 2.17. The van der Waals surface area contributed by atoms with E-state index < -0.39 is 0 Å². The van der Waals surface area contributed by atoms with Gasteiger partial charge in [0.2, 0.25) is 0 Å². The van der Waals surface area contributed by atoms with Gasteiger partial charge in [-0.2, -0.15) is 0 Å². The van der Waals surface area contributed by atoms with E-state index in [2.05, 4.69) is 66.2 Å². The van der Waals surface area contributed by atoms with E-state index >= 15 is 0 Å². The number of nitrogens with zero attached hydrogens (tertiary/aromatic N) is 2. The molecule has 4 rings (SSSR count). The van der Waals surface area contributed by atoms with Gasteiger partial charge in [0.15, 0.2) is 0 Å². The first kappa shape index (κ1) is 19.7. The summed E-state index contributed by atoms with van der Waals surface area (Å²) in [6.45, 7) is 4.07. The number of carbonyl (C=O) groups excluding carboxylic acids is 1. The van der Waals surface area contributed by atoms with Gasteiger partial charge in [0.1, 0.15) is 0 Å². The molecule has 0 aliphatic carbocycles. The fraction of sp³-hybridized carbons (Fsp3) is 0.148. The van der Waals surface area contributed by atoms with Crippen molar-refractivity contribution in [2.45, 2.75) is 26.6 Å². The smallest absolute Gasteiger partial charge is 0.254 e. The molecule has 0 bridgehead atoms. The Kier molecular flexibility index (Phi) is 6.09. The van der Waals surface area contributed by atoms with Crippen LogP contribution >= 0.6 is 0 Å². The van der Waals surface area contributed by atoms with E-state index in [9.17, 15) is 4.79 Å². The van der Waals surface area contributed by atoms with Gasteiger partial charge in [-0.1, -0.05) is 72.8 Å². The summed E-state index contributed by atoms with van der Waals surface area (Å²) in [6.07, 6.45) is 2.09. The fourth-order valence-corrected chi connectivity index (χ4v) is 3.68. The molecule has 150 valence electrons. The molecule has 0 N–H and O–H groups in total. The number of benzene rings is 3. The molecule has 0 saturated heterocycles. The van der Waals surface area contributed by atoms with E-state index in [1.807, 2.05) is 53.4 Å². The minimum absolute atomic E-state index is 0.0445. The zero-order chi connectivity index (χ0) is 20.8. The van der Waals surface area contributed by atoms with Crippen LogP contribution in [0.4, 0.5) is 0 Å². The number of carbonyl (C=O) groups is 1. The van der Waals surface area contributed by atoms with Crippen LogP contribution in [0, 0.1) is 6.92 Å². The molecule has 0 unspecified atom stereocenters. The van der Waals surface area contributed by atoms with Gasteiger partial charge in [-0.15, -0.1) is 0 Å². The van der Waals surface area contributed by atoms with Crippen molar-refractivity contribution in [3.63, 3.8) is 0 Å². The van der Waals surface area contributed by atoms with Crippen molar-refractivity contribution in [2.24, 2.45) is 0 Å². The van der Waals surface area contributed by atoms with Crippen molar-refractivity contribution in [2.75, 3.05) is 0 Å². The third-order valence-corrected chi connectivity index (χ3v) is 5.40. The monoisotopic (exact) mass is 394 g/mol. The van der Waals surface area contributed by atoms with E-state index in [0.717, 1.165) is 17.8 Å². The Hall–Kier alpha value is -3.59. The number of hydrogen-bond donors (Lipinski definition) is 0. The molecule has 4 aromatic rings. The van der Waals surface area contributed by atoms with E-state index in [1.165, 1.54) is 11.1 Å². The van der Waals surface area contributed by atoms with E-state index in [-0.39, 0.29) is 5.91 Å². The Morgan fingerprint density at radius 1 is 0.767 bits per heavy atom. The van der Waals surface area contributed by atoms with Crippen molar-refractivity contribution in [3.8, 4) is 0 Å². The number of amides is 1. The lowest BCUT2D eigenvalue weighted by molar-refractivity contribution is 0.0726. The summed E-state index contributed by atoms with van der Waals surface area (Å²) in [5.41, 5.74) is 5.53. The van der Waals surface area contributed by atoms with Crippen LogP contribution in [0.25, 0.3) is 0 Å². The zero-order valence-corrected chi connectivity index (χ0v) is 17.2. The van der Waals surface area contributed by atoms with Crippen LogP contribution in [-0.4, -0.2) is 15.4 Å². The van der Waals surface area contributed by atoms with Crippen molar-refractivity contribution >= 4 is 5.91 Å². The van der Waals surface area contributed by atoms with Gasteiger partial charge in [0.25, 0.3) is 5.91 Å². The first-order valence-corrected chi connectivity index (χ1v) is 10.3. The van der Waals surface area contributed by atoms with Crippen LogP contribution in [0.5, 0.6) is 0 Å². The highest BCUT2D eigenvalue weighted by molar-refractivity contribution is 5.94. The lowest BCUT2D eigenvalue weighted by Gasteiger charge is -2.24. The Morgan fingerprint density at radius 3 is 2.17 bits per heavy atom. The number of aryl methyl sites for hydroxylation is 1. The maximum atomic E-state index is 13.3. The van der Waals surface area contributed by atoms with Crippen LogP contribution < -0.4 is 0 Å². The third kappa shape index (κ3) is 4.69. The summed E-state index contributed by atoms with van der Waals surface area (Å²) in [4.78, 5) is 15.2. The average Bonchev–Trinajstić information content (AvgIpc) is 3.22. The molecule has 3 heteroatoms. The minimum atomic E-state index is 0.0445. The van der Waals surface area contributed by atoms with Crippen LogP contribution in [-0.2, 0) is 19.6 Å². The second-order valence-electron chi connectivity index (χ2n) is 7.57. The zero-order valence-electron chi connectivity index (χ0n) is 17.2. The van der Waals surface area contributed by atoms with E-state index in [0.29, 0.717) is 18.7 Å². The molecule has 1 heterocycles. The van der Waals surface area contributed by atoms with Crippen molar-refractivity contribution in [3.05, 3.63) is 131 Å². The summed E-state index contributed by atoms with van der Waals surface area (Å²) in [6, 6.07) is 32.3. The van der Waals surface area contributed by atoms with Crippen LogP contribution in [0.2, 0.25) is 0 Å². The van der Waals surface area contributed by atoms with E-state index in [4.69, 9.17) is 0 Å². The second kappa shape index (κ2) is 9.27. The lowest BCUT2D eigenvalue weighted by atomic mass is 10.1. The van der Waals surface area contributed by atoms with Gasteiger partial charge < -0.3 is 9.47 Å². The van der Waals surface area contributed by atoms with Gasteiger partial charge >= 0.3 is 0 Å². The maximum absolute atomic E-state index is 13.3. The molecule has 1 amide bonds. The second-order valence-corrected chi connectivity index (χ2v) is 7.57. The number of hydrogen-bond acceptors (Lipinski definition) is 1. The topological polar surface area (TPSA) is 25.2 Å². The van der Waals surface area contributed by atoms with Crippen LogP contribution in [0.1, 0.15) is 32.7 Å². The quantitative estimate of drug-likeness (QED) is 0.395. The van der Waals surface area contributed by atoms with Crippen molar-refractivity contribution < 1.29 is 4.79 Å². The van der Waals surface area contributed by atoms with Gasteiger partial charge in [-0.25, -0.2) is 0 Å². The van der Waals surface area contributed by atoms with Crippen molar-refractivity contribution in [1.82, 2.24) is 9.47 Å². The standard InChI is InChI=1S/C27H26N2O/c1-22-11-8-9-16-25(22)20-28-18-10-17-26(28)21-29(19-23-12-4-2-5-13-23)27(30)24-14-6-3-7-15-24/h2-18H,19-21H2,1H3. The Labute approximate surface area is 178 Å². The predicted molar refractivity (Wildman–Crippen MR) is 121 cm³/mol. The molecular weight excluding hydrogens is 368 g/mol. The highest BCUT2D eigenvalue weighted by atomic mass is 16.2. The summed E-state index contributed by atoms with van der Waals surface area (Å²) in [5.74, 6) is 0.0445. The Morgan fingerprint density at radius 2 is 1.43 bits per heavy atom. The van der Waals surface area contributed by atoms with Crippen LogP contribution in [0.3, 0.4) is 0 Å². The van der Waals surface area contributed by atoms with Gasteiger partial charge in [-0.05, 0) is 47.9 Å². The summed E-state index contributed by atoms with van der Waals surface area (Å²) >= 11 is 0. The van der Waals surface area contributed by atoms with E-state index in [1.54, 1.807) is 0 Å². The minimum Gasteiger partial charge on any atom is -0.345 e.